The summed E-state index contributed by atoms with van der Waals surface area (Å²) in [6.07, 6.45) is 7.87. The summed E-state index contributed by atoms with van der Waals surface area (Å²) in [7, 11) is 1.80. The van der Waals surface area contributed by atoms with E-state index in [2.05, 4.69) is 18.8 Å². The summed E-state index contributed by atoms with van der Waals surface area (Å²) in [5, 5.41) is 11.5. The van der Waals surface area contributed by atoms with Gasteiger partial charge in [0, 0.05) is 24.9 Å². The first-order valence-corrected chi connectivity index (χ1v) is 8.86. The van der Waals surface area contributed by atoms with Gasteiger partial charge in [-0.2, -0.15) is 0 Å². The summed E-state index contributed by atoms with van der Waals surface area (Å²) in [6.45, 7) is 8.51. The lowest BCUT2D eigenvalue weighted by molar-refractivity contribution is -0.125. The van der Waals surface area contributed by atoms with E-state index in [0.717, 1.165) is 49.7 Å². The molecule has 0 radical (unpaired) electrons. The van der Waals surface area contributed by atoms with Crippen molar-refractivity contribution in [3.63, 3.8) is 0 Å². The molecule has 0 saturated heterocycles. The van der Waals surface area contributed by atoms with E-state index in [1.807, 2.05) is 6.92 Å². The maximum atomic E-state index is 13.1. The molecule has 1 amide bonds. The van der Waals surface area contributed by atoms with Gasteiger partial charge in [-0.25, -0.2) is 0 Å². The summed E-state index contributed by atoms with van der Waals surface area (Å²) >= 11 is 0. The van der Waals surface area contributed by atoms with Crippen LogP contribution in [0.3, 0.4) is 0 Å². The molecule has 0 unspecified atom stereocenters. The average molecular weight is 331 g/mol. The van der Waals surface area contributed by atoms with Gasteiger partial charge >= 0.3 is 0 Å². The number of hydrogen-bond donors (Lipinski definition) is 2. The van der Waals surface area contributed by atoms with Crippen LogP contribution in [0, 0.1) is 5.41 Å². The Morgan fingerprint density at radius 3 is 2.71 bits per heavy atom. The van der Waals surface area contributed by atoms with Crippen LogP contribution in [0.25, 0.3) is 0 Å². The molecule has 1 heterocycles. The third-order valence-electron chi connectivity index (χ3n) is 4.74. The molecule has 0 aromatic carbocycles. The molecule has 0 bridgehead atoms. The Hall–Kier alpha value is -2.04. The molecular weight excluding hydrogens is 302 g/mol. The highest BCUT2D eigenvalue weighted by molar-refractivity contribution is 6.19. The van der Waals surface area contributed by atoms with E-state index in [1.165, 1.54) is 0 Å². The molecule has 1 fully saturated rings. The molecular formula is C19H29N3O2. The maximum absolute atomic E-state index is 13.1. The molecule has 2 aliphatic rings. The molecule has 2 rings (SSSR count). The van der Waals surface area contributed by atoms with Crippen molar-refractivity contribution in [3.8, 4) is 0 Å². The number of ether oxygens (including phenoxy) is 1. The molecule has 0 atom stereocenters. The van der Waals surface area contributed by atoms with Crippen molar-refractivity contribution in [2.75, 3.05) is 13.7 Å². The van der Waals surface area contributed by atoms with E-state index >= 15 is 0 Å². The fraction of sp³-hybridized carbons (Fsp3) is 0.579. The van der Waals surface area contributed by atoms with Gasteiger partial charge in [0.05, 0.1) is 12.2 Å². The molecule has 0 aromatic heterocycles. The Bertz CT molecular complexity index is 583. The van der Waals surface area contributed by atoms with Crippen LogP contribution in [0.5, 0.6) is 0 Å². The highest BCUT2D eigenvalue weighted by atomic mass is 16.5. The average Bonchev–Trinajstić information content (AvgIpc) is 3.06. The minimum atomic E-state index is -0.140. The van der Waals surface area contributed by atoms with E-state index in [4.69, 9.17) is 10.1 Å². The summed E-state index contributed by atoms with van der Waals surface area (Å²) in [4.78, 5) is 14.7. The second-order valence-electron chi connectivity index (χ2n) is 6.43. The van der Waals surface area contributed by atoms with Crippen LogP contribution in [0.15, 0.2) is 35.3 Å². The zero-order valence-corrected chi connectivity index (χ0v) is 15.1. The minimum absolute atomic E-state index is 0.108. The largest absolute Gasteiger partial charge is 0.493 e. The summed E-state index contributed by atoms with van der Waals surface area (Å²) in [5.41, 5.74) is 2.00. The van der Waals surface area contributed by atoms with Crippen LogP contribution in [-0.2, 0) is 9.53 Å². The summed E-state index contributed by atoms with van der Waals surface area (Å²) < 4.78 is 5.72. The minimum Gasteiger partial charge on any atom is -0.493 e. The van der Waals surface area contributed by atoms with Gasteiger partial charge in [-0.05, 0) is 31.8 Å². The first-order valence-electron chi connectivity index (χ1n) is 8.86. The second kappa shape index (κ2) is 8.18. The first-order chi connectivity index (χ1) is 11.5. The fourth-order valence-electron chi connectivity index (χ4n) is 3.40. The molecule has 1 saturated carbocycles. The Morgan fingerprint density at radius 2 is 2.12 bits per heavy atom. The predicted molar refractivity (Wildman–Crippen MR) is 96.7 cm³/mol. The zero-order chi connectivity index (χ0) is 17.7. The normalized spacial score (nSPS) is 21.0. The van der Waals surface area contributed by atoms with Crippen molar-refractivity contribution >= 4 is 11.7 Å². The molecule has 0 aromatic rings. The first kappa shape index (κ1) is 18.3. The van der Waals surface area contributed by atoms with Crippen molar-refractivity contribution in [3.05, 3.63) is 35.3 Å². The monoisotopic (exact) mass is 331 g/mol. The Kier molecular flexibility index (Phi) is 6.23. The van der Waals surface area contributed by atoms with Crippen molar-refractivity contribution in [1.82, 2.24) is 10.2 Å². The summed E-state index contributed by atoms with van der Waals surface area (Å²) in [6, 6.07) is 0.108. The van der Waals surface area contributed by atoms with E-state index in [0.29, 0.717) is 17.9 Å². The smallest absolute Gasteiger partial charge is 0.263 e. The van der Waals surface area contributed by atoms with Gasteiger partial charge in [-0.1, -0.05) is 32.8 Å². The van der Waals surface area contributed by atoms with Gasteiger partial charge in [-0.3, -0.25) is 15.1 Å². The highest BCUT2D eigenvalue weighted by Crippen LogP contribution is 2.34. The standard InChI is InChI=1S/C19H29N3O2/c1-5-6-11-24-14(3)17-13(2)16(12-21-4)18(20)22(19(17)23)15-9-7-8-10-15/h12,15,20-21H,3,5-11H2,1-2,4H3/b16-12-,20-18?. The third kappa shape index (κ3) is 3.55. The zero-order valence-electron chi connectivity index (χ0n) is 15.1. The van der Waals surface area contributed by atoms with Crippen LogP contribution >= 0.6 is 0 Å². The lowest BCUT2D eigenvalue weighted by atomic mass is 9.92. The molecule has 0 spiro atoms. The fourth-order valence-corrected chi connectivity index (χ4v) is 3.40. The molecule has 132 valence electrons. The highest BCUT2D eigenvalue weighted by Gasteiger charge is 2.39. The molecule has 2 N–H and O–H groups in total. The number of carbonyl (C=O) groups is 1. The number of amides is 1. The van der Waals surface area contributed by atoms with Gasteiger partial charge in [0.25, 0.3) is 5.91 Å². The van der Waals surface area contributed by atoms with E-state index in [1.54, 1.807) is 18.1 Å². The summed E-state index contributed by atoms with van der Waals surface area (Å²) in [5.74, 6) is 0.562. The predicted octanol–water partition coefficient (Wildman–Crippen LogP) is 3.50. The van der Waals surface area contributed by atoms with Crippen molar-refractivity contribution < 1.29 is 9.53 Å². The van der Waals surface area contributed by atoms with Gasteiger partial charge < -0.3 is 10.1 Å². The second-order valence-corrected chi connectivity index (χ2v) is 6.43. The van der Waals surface area contributed by atoms with Gasteiger partial charge in [0.15, 0.2) is 0 Å². The maximum Gasteiger partial charge on any atom is 0.263 e. The molecule has 5 heteroatoms. The van der Waals surface area contributed by atoms with Crippen molar-refractivity contribution in [2.24, 2.45) is 0 Å². The van der Waals surface area contributed by atoms with E-state index in [-0.39, 0.29) is 17.8 Å². The topological polar surface area (TPSA) is 65.4 Å². The van der Waals surface area contributed by atoms with Crippen molar-refractivity contribution in [2.45, 2.75) is 58.4 Å². The van der Waals surface area contributed by atoms with Crippen LogP contribution in [0.4, 0.5) is 0 Å². The Balaban J connectivity index is 2.37. The number of nitrogens with one attached hydrogen (secondary N) is 2. The number of amidine groups is 1. The van der Waals surface area contributed by atoms with E-state index in [9.17, 15) is 4.79 Å². The number of hydrogen-bond acceptors (Lipinski definition) is 4. The number of nitrogens with zero attached hydrogens (tertiary/aromatic N) is 1. The lowest BCUT2D eigenvalue weighted by Crippen LogP contribution is -2.48. The van der Waals surface area contributed by atoms with Gasteiger partial charge in [-0.15, -0.1) is 0 Å². The number of unbranched alkanes of at least 4 members (excludes halogenated alkanes) is 1. The molecule has 5 nitrogen and oxygen atoms in total. The third-order valence-corrected chi connectivity index (χ3v) is 4.74. The molecule has 1 aliphatic heterocycles. The quantitative estimate of drug-likeness (QED) is 0.554. The van der Waals surface area contributed by atoms with Crippen LogP contribution < -0.4 is 5.32 Å². The van der Waals surface area contributed by atoms with Gasteiger partial charge in [0.1, 0.15) is 11.6 Å². The van der Waals surface area contributed by atoms with E-state index < -0.39 is 0 Å². The molecule has 1 aliphatic carbocycles. The van der Waals surface area contributed by atoms with Crippen LogP contribution in [0.1, 0.15) is 52.4 Å². The van der Waals surface area contributed by atoms with Crippen LogP contribution in [0.2, 0.25) is 0 Å². The Morgan fingerprint density at radius 1 is 1.46 bits per heavy atom. The number of carbonyl (C=O) groups excluding carboxylic acids is 1. The van der Waals surface area contributed by atoms with Gasteiger partial charge in [0.2, 0.25) is 0 Å². The number of rotatable bonds is 7. The Labute approximate surface area is 144 Å². The van der Waals surface area contributed by atoms with Crippen molar-refractivity contribution in [1.29, 1.82) is 5.41 Å². The lowest BCUT2D eigenvalue weighted by Gasteiger charge is -2.36. The van der Waals surface area contributed by atoms with Crippen LogP contribution in [-0.4, -0.2) is 36.3 Å². The molecule has 24 heavy (non-hydrogen) atoms. The SMILES string of the molecule is C=C(OCCCC)C1=C(C)/C(=C/NC)C(=N)N(C2CCCC2)C1=O.